The predicted molar refractivity (Wildman–Crippen MR) is 106 cm³/mol. The van der Waals surface area contributed by atoms with Crippen LogP contribution in [0, 0.1) is 0 Å². The lowest BCUT2D eigenvalue weighted by molar-refractivity contribution is -0.116. The number of amides is 1. The molecule has 0 saturated heterocycles. The molecule has 0 aliphatic rings. The maximum Gasteiger partial charge on any atom is 0.337 e. The molecule has 6 nitrogen and oxygen atoms in total. The lowest BCUT2D eigenvalue weighted by Crippen LogP contribution is -2.21. The third-order valence-electron chi connectivity index (χ3n) is 4.22. The van der Waals surface area contributed by atoms with E-state index in [0.717, 1.165) is 16.7 Å². The van der Waals surface area contributed by atoms with E-state index >= 15 is 0 Å². The van der Waals surface area contributed by atoms with Crippen LogP contribution in [0.2, 0.25) is 0 Å². The van der Waals surface area contributed by atoms with Crippen LogP contribution in [0.15, 0.2) is 73.1 Å². The normalized spacial score (nSPS) is 10.8. The second kappa shape index (κ2) is 9.32. The average molecular weight is 375 g/mol. The third kappa shape index (κ3) is 5.17. The molecule has 1 aromatic heterocycles. The van der Waals surface area contributed by atoms with E-state index in [4.69, 9.17) is 0 Å². The van der Waals surface area contributed by atoms with Crippen LogP contribution in [0.5, 0.6) is 0 Å². The standard InChI is InChI=1S/C22H21N3O3/c1-28-22(27)18-10-7-17(8-11-18)9-12-21(26)23-15-19-5-2-3-6-20(19)16-25-14-4-13-24-25/h2-14H,15-16H2,1H3,(H,23,26)/b12-9+. The largest absolute Gasteiger partial charge is 0.465 e. The van der Waals surface area contributed by atoms with Gasteiger partial charge < -0.3 is 10.1 Å². The van der Waals surface area contributed by atoms with Gasteiger partial charge in [-0.15, -0.1) is 0 Å². The van der Waals surface area contributed by atoms with Crippen molar-refractivity contribution in [2.24, 2.45) is 0 Å². The zero-order chi connectivity index (χ0) is 19.8. The predicted octanol–water partition coefficient (Wildman–Crippen LogP) is 3.05. The van der Waals surface area contributed by atoms with E-state index in [9.17, 15) is 9.59 Å². The smallest absolute Gasteiger partial charge is 0.337 e. The summed E-state index contributed by atoms with van der Waals surface area (Å²) in [6.07, 6.45) is 6.83. The van der Waals surface area contributed by atoms with Gasteiger partial charge in [-0.25, -0.2) is 4.79 Å². The molecule has 0 aliphatic carbocycles. The number of esters is 1. The molecule has 3 aromatic rings. The van der Waals surface area contributed by atoms with Gasteiger partial charge in [0.2, 0.25) is 5.91 Å². The molecule has 6 heteroatoms. The van der Waals surface area contributed by atoms with Crippen LogP contribution in [0.1, 0.15) is 27.0 Å². The minimum Gasteiger partial charge on any atom is -0.465 e. The summed E-state index contributed by atoms with van der Waals surface area (Å²) in [6, 6.07) is 16.7. The molecule has 1 amide bonds. The first-order chi connectivity index (χ1) is 13.7. The van der Waals surface area contributed by atoms with Crippen molar-refractivity contribution in [3.05, 3.63) is 95.3 Å². The summed E-state index contributed by atoms with van der Waals surface area (Å²) in [5.74, 6) is -0.576. The summed E-state index contributed by atoms with van der Waals surface area (Å²) in [7, 11) is 1.34. The molecule has 0 saturated carbocycles. The van der Waals surface area contributed by atoms with Gasteiger partial charge in [0.1, 0.15) is 0 Å². The van der Waals surface area contributed by atoms with Crippen molar-refractivity contribution >= 4 is 18.0 Å². The monoisotopic (exact) mass is 375 g/mol. The molecule has 0 spiro atoms. The summed E-state index contributed by atoms with van der Waals surface area (Å²) >= 11 is 0. The highest BCUT2D eigenvalue weighted by Crippen LogP contribution is 2.11. The molecule has 0 atom stereocenters. The van der Waals surface area contributed by atoms with Crippen LogP contribution < -0.4 is 5.32 Å². The number of aromatic nitrogens is 2. The molecule has 3 rings (SSSR count). The minimum atomic E-state index is -0.387. The Bertz CT molecular complexity index is 961. The van der Waals surface area contributed by atoms with Gasteiger partial charge in [0, 0.05) is 25.0 Å². The van der Waals surface area contributed by atoms with Crippen LogP contribution in [0.25, 0.3) is 6.08 Å². The van der Waals surface area contributed by atoms with Gasteiger partial charge in [-0.2, -0.15) is 5.10 Å². The summed E-state index contributed by atoms with van der Waals surface area (Å²) in [5.41, 5.74) is 3.44. The van der Waals surface area contributed by atoms with Gasteiger partial charge in [-0.3, -0.25) is 9.48 Å². The van der Waals surface area contributed by atoms with Crippen molar-refractivity contribution in [2.75, 3.05) is 7.11 Å². The molecule has 2 aromatic carbocycles. The Morgan fingerprint density at radius 1 is 1.07 bits per heavy atom. The highest BCUT2D eigenvalue weighted by Gasteiger charge is 2.05. The Hall–Kier alpha value is -3.67. The van der Waals surface area contributed by atoms with Crippen molar-refractivity contribution in [3.8, 4) is 0 Å². The van der Waals surface area contributed by atoms with Gasteiger partial charge in [0.25, 0.3) is 0 Å². The second-order valence-electron chi connectivity index (χ2n) is 6.14. The molecule has 0 unspecified atom stereocenters. The third-order valence-corrected chi connectivity index (χ3v) is 4.22. The first-order valence-corrected chi connectivity index (χ1v) is 8.84. The number of nitrogens with zero attached hydrogens (tertiary/aromatic N) is 2. The van der Waals surface area contributed by atoms with E-state index in [2.05, 4.69) is 15.2 Å². The maximum absolute atomic E-state index is 12.1. The van der Waals surface area contributed by atoms with Gasteiger partial charge >= 0.3 is 5.97 Å². The minimum absolute atomic E-state index is 0.189. The van der Waals surface area contributed by atoms with E-state index < -0.39 is 0 Å². The highest BCUT2D eigenvalue weighted by molar-refractivity contribution is 5.92. The van der Waals surface area contributed by atoms with Crippen LogP contribution >= 0.6 is 0 Å². The fraction of sp³-hybridized carbons (Fsp3) is 0.136. The number of carbonyl (C=O) groups excluding carboxylic acids is 2. The Morgan fingerprint density at radius 2 is 1.82 bits per heavy atom. The number of nitrogens with one attached hydrogen (secondary N) is 1. The van der Waals surface area contributed by atoms with Gasteiger partial charge in [0.15, 0.2) is 0 Å². The molecular formula is C22H21N3O3. The zero-order valence-electron chi connectivity index (χ0n) is 15.5. The van der Waals surface area contributed by atoms with Crippen LogP contribution in [0.3, 0.4) is 0 Å². The molecule has 0 bridgehead atoms. The van der Waals surface area contributed by atoms with Gasteiger partial charge in [-0.1, -0.05) is 36.4 Å². The number of methoxy groups -OCH3 is 1. The van der Waals surface area contributed by atoms with Crippen LogP contribution in [-0.4, -0.2) is 28.8 Å². The van der Waals surface area contributed by atoms with Crippen molar-refractivity contribution in [3.63, 3.8) is 0 Å². The first kappa shape index (κ1) is 19.1. The van der Waals surface area contributed by atoms with Crippen LogP contribution in [0.4, 0.5) is 0 Å². The van der Waals surface area contributed by atoms with Crippen LogP contribution in [-0.2, 0) is 22.6 Å². The number of carbonyl (C=O) groups is 2. The van der Waals surface area contributed by atoms with E-state index in [0.29, 0.717) is 18.7 Å². The maximum atomic E-state index is 12.1. The summed E-state index contributed by atoms with van der Waals surface area (Å²) in [6.45, 7) is 1.09. The summed E-state index contributed by atoms with van der Waals surface area (Å²) in [5, 5.41) is 7.12. The molecule has 0 fully saturated rings. The number of ether oxygens (including phenoxy) is 1. The summed E-state index contributed by atoms with van der Waals surface area (Å²) in [4.78, 5) is 23.6. The Balaban J connectivity index is 1.57. The Kier molecular flexibility index (Phi) is 6.36. The second-order valence-corrected chi connectivity index (χ2v) is 6.14. The average Bonchev–Trinajstić information content (AvgIpc) is 3.24. The Labute approximate surface area is 163 Å². The number of hydrogen-bond acceptors (Lipinski definition) is 4. The number of benzene rings is 2. The first-order valence-electron chi connectivity index (χ1n) is 8.84. The molecule has 1 N–H and O–H groups in total. The van der Waals surface area contributed by atoms with E-state index in [1.165, 1.54) is 13.2 Å². The summed E-state index contributed by atoms with van der Waals surface area (Å²) < 4.78 is 6.51. The van der Waals surface area contributed by atoms with Crippen molar-refractivity contribution < 1.29 is 14.3 Å². The topological polar surface area (TPSA) is 73.2 Å². The van der Waals surface area contributed by atoms with Gasteiger partial charge in [-0.05, 0) is 41.0 Å². The molecule has 0 aliphatic heterocycles. The van der Waals surface area contributed by atoms with E-state index in [-0.39, 0.29) is 11.9 Å². The fourth-order valence-corrected chi connectivity index (χ4v) is 2.71. The lowest BCUT2D eigenvalue weighted by Gasteiger charge is -2.10. The molecule has 1 heterocycles. The number of rotatable bonds is 7. The molecule has 28 heavy (non-hydrogen) atoms. The quantitative estimate of drug-likeness (QED) is 0.509. The van der Waals surface area contributed by atoms with Crippen molar-refractivity contribution in [1.29, 1.82) is 0 Å². The molecule has 0 radical (unpaired) electrons. The van der Waals surface area contributed by atoms with E-state index in [1.54, 1.807) is 36.5 Å². The zero-order valence-corrected chi connectivity index (χ0v) is 15.5. The van der Waals surface area contributed by atoms with Crippen molar-refractivity contribution in [1.82, 2.24) is 15.1 Å². The Morgan fingerprint density at radius 3 is 2.50 bits per heavy atom. The van der Waals surface area contributed by atoms with E-state index in [1.807, 2.05) is 41.2 Å². The lowest BCUT2D eigenvalue weighted by atomic mass is 10.1. The fourth-order valence-electron chi connectivity index (χ4n) is 2.71. The highest BCUT2D eigenvalue weighted by atomic mass is 16.5. The van der Waals surface area contributed by atoms with Crippen molar-refractivity contribution in [2.45, 2.75) is 13.1 Å². The molecular weight excluding hydrogens is 354 g/mol. The number of hydrogen-bond donors (Lipinski definition) is 1. The SMILES string of the molecule is COC(=O)c1ccc(/C=C/C(=O)NCc2ccccc2Cn2cccn2)cc1. The van der Waals surface area contributed by atoms with Gasteiger partial charge in [0.05, 0.1) is 19.2 Å². The molecule has 142 valence electrons.